The van der Waals surface area contributed by atoms with E-state index in [1.54, 1.807) is 0 Å². The fourth-order valence-corrected chi connectivity index (χ4v) is 9.80. The van der Waals surface area contributed by atoms with E-state index in [1.165, 1.54) is 13.3 Å². The van der Waals surface area contributed by atoms with Crippen molar-refractivity contribution in [3.63, 3.8) is 0 Å². The van der Waals surface area contributed by atoms with Gasteiger partial charge in [-0.1, -0.05) is 34.1 Å². The van der Waals surface area contributed by atoms with E-state index < -0.39 is 11.5 Å². The fourth-order valence-electron chi connectivity index (χ4n) is 9.80. The summed E-state index contributed by atoms with van der Waals surface area (Å²) in [6.07, 6.45) is 7.79. The number of rotatable bonds is 2. The van der Waals surface area contributed by atoms with E-state index in [0.29, 0.717) is 25.0 Å². The van der Waals surface area contributed by atoms with Crippen molar-refractivity contribution in [2.45, 2.75) is 92.1 Å². The third-order valence-corrected chi connectivity index (χ3v) is 11.1. The van der Waals surface area contributed by atoms with Gasteiger partial charge in [-0.15, -0.1) is 0 Å². The second kappa shape index (κ2) is 7.07. The van der Waals surface area contributed by atoms with E-state index in [0.717, 1.165) is 56.1 Å². The second-order valence-corrected chi connectivity index (χ2v) is 12.6. The largest absolute Gasteiger partial charge is 0.465 e. The predicted octanol–water partition coefficient (Wildman–Crippen LogP) is 4.81. The maximum atomic E-state index is 12.7. The number of aliphatic hydroxyl groups excluding tert-OH is 1. The van der Waals surface area contributed by atoms with Gasteiger partial charge >= 0.3 is 11.9 Å². The summed E-state index contributed by atoms with van der Waals surface area (Å²) in [5.41, 5.74) is 1.60. The molecule has 5 heteroatoms. The average molecular weight is 445 g/mol. The lowest BCUT2D eigenvalue weighted by Gasteiger charge is -2.70. The number of ether oxygens (including phenoxy) is 2. The molecule has 1 aliphatic heterocycles. The molecule has 5 rings (SSSR count). The van der Waals surface area contributed by atoms with Crippen LogP contribution in [-0.4, -0.2) is 36.4 Å². The van der Waals surface area contributed by atoms with Crippen LogP contribution in [0, 0.1) is 39.4 Å². The van der Waals surface area contributed by atoms with Crippen molar-refractivity contribution >= 4 is 11.9 Å². The minimum atomic E-state index is -0.529. The topological polar surface area (TPSA) is 72.8 Å². The first-order valence-corrected chi connectivity index (χ1v) is 12.7. The molecule has 5 nitrogen and oxygen atoms in total. The van der Waals surface area contributed by atoms with E-state index in [2.05, 4.69) is 27.7 Å². The monoisotopic (exact) mass is 444 g/mol. The molecule has 0 amide bonds. The standard InChI is InChI=1S/C27H40O5/c1-16(28)32-15-24(2)10-6-11-25(3)18(24)9-12-26(4)19-8-7-17-14-31-23(30)22(17)27(19,5)21(29)13-20(25)26/h18-21,29H,6-15H2,1-5H3/t18-,19-,20+,21+,24-,25-,26-,27+/m0/s1. The van der Waals surface area contributed by atoms with Crippen LogP contribution < -0.4 is 0 Å². The van der Waals surface area contributed by atoms with Crippen LogP contribution in [0.25, 0.3) is 0 Å². The highest BCUT2D eigenvalue weighted by atomic mass is 16.5. The Morgan fingerprint density at radius 3 is 2.50 bits per heavy atom. The Morgan fingerprint density at radius 2 is 1.78 bits per heavy atom. The lowest BCUT2D eigenvalue weighted by atomic mass is 9.35. The molecule has 0 radical (unpaired) electrons. The average Bonchev–Trinajstić information content (AvgIpc) is 3.10. The quantitative estimate of drug-likeness (QED) is 0.619. The highest BCUT2D eigenvalue weighted by Crippen LogP contribution is 2.73. The number of esters is 2. The molecule has 1 heterocycles. The van der Waals surface area contributed by atoms with E-state index in [4.69, 9.17) is 9.47 Å². The third kappa shape index (κ3) is 2.78. The maximum absolute atomic E-state index is 12.7. The van der Waals surface area contributed by atoms with Gasteiger partial charge in [0, 0.05) is 23.3 Å². The first-order chi connectivity index (χ1) is 15.0. The number of cyclic esters (lactones) is 1. The summed E-state index contributed by atoms with van der Waals surface area (Å²) in [6.45, 7) is 11.8. The van der Waals surface area contributed by atoms with Gasteiger partial charge in [-0.3, -0.25) is 4.79 Å². The van der Waals surface area contributed by atoms with Crippen molar-refractivity contribution in [2.75, 3.05) is 13.2 Å². The fraction of sp³-hybridized carbons (Fsp3) is 0.852. The van der Waals surface area contributed by atoms with Crippen LogP contribution in [0.4, 0.5) is 0 Å². The first kappa shape index (κ1) is 22.4. The summed E-state index contributed by atoms with van der Waals surface area (Å²) >= 11 is 0. The molecule has 5 aliphatic rings. The Morgan fingerprint density at radius 1 is 1.06 bits per heavy atom. The van der Waals surface area contributed by atoms with E-state index in [-0.39, 0.29) is 34.1 Å². The van der Waals surface area contributed by atoms with Crippen LogP contribution >= 0.6 is 0 Å². The van der Waals surface area contributed by atoms with Gasteiger partial charge in [0.2, 0.25) is 0 Å². The van der Waals surface area contributed by atoms with E-state index in [1.807, 2.05) is 0 Å². The van der Waals surface area contributed by atoms with Crippen molar-refractivity contribution in [3.8, 4) is 0 Å². The number of carbonyl (C=O) groups is 2. The van der Waals surface area contributed by atoms with Crippen molar-refractivity contribution in [2.24, 2.45) is 39.4 Å². The number of fused-ring (bicyclic) bond motifs is 6. The number of hydrogen-bond acceptors (Lipinski definition) is 5. The molecule has 0 saturated heterocycles. The molecule has 178 valence electrons. The SMILES string of the molecule is CC(=O)OC[C@]1(C)CCC[C@]2(C)[C@H]3C[C@@H](O)[C@]4(C)C5=C(CC[C@H]4[C@]3(C)CC[C@@H]12)COC5=O. The summed E-state index contributed by atoms with van der Waals surface area (Å²) in [4.78, 5) is 24.4. The highest BCUT2D eigenvalue weighted by Gasteiger charge is 2.69. The Labute approximate surface area is 192 Å². The Balaban J connectivity index is 1.53. The molecule has 8 atom stereocenters. The molecular weight excluding hydrogens is 404 g/mol. The highest BCUT2D eigenvalue weighted by molar-refractivity contribution is 5.93. The molecule has 3 fully saturated rings. The zero-order valence-corrected chi connectivity index (χ0v) is 20.5. The van der Waals surface area contributed by atoms with Gasteiger partial charge in [-0.2, -0.15) is 0 Å². The molecule has 3 saturated carbocycles. The van der Waals surface area contributed by atoms with Gasteiger partial charge < -0.3 is 14.6 Å². The van der Waals surface area contributed by atoms with Gasteiger partial charge in [0.05, 0.1) is 12.7 Å². The molecule has 32 heavy (non-hydrogen) atoms. The van der Waals surface area contributed by atoms with Gasteiger partial charge in [0.1, 0.15) is 6.61 Å². The molecule has 0 aromatic rings. The minimum absolute atomic E-state index is 0.0107. The molecule has 0 aromatic carbocycles. The third-order valence-electron chi connectivity index (χ3n) is 11.1. The summed E-state index contributed by atoms with van der Waals surface area (Å²) in [5, 5.41) is 11.7. The number of carbonyl (C=O) groups excluding carboxylic acids is 2. The molecular formula is C27H40O5. The second-order valence-electron chi connectivity index (χ2n) is 12.6. The van der Waals surface area contributed by atoms with Crippen LogP contribution in [0.5, 0.6) is 0 Å². The molecule has 0 spiro atoms. The molecule has 1 N–H and O–H groups in total. The Bertz CT molecular complexity index is 877. The number of aliphatic hydroxyl groups is 1. The van der Waals surface area contributed by atoms with Crippen molar-refractivity contribution < 1.29 is 24.2 Å². The normalized spacial score (nSPS) is 50.0. The van der Waals surface area contributed by atoms with Crippen LogP contribution in [0.3, 0.4) is 0 Å². The predicted molar refractivity (Wildman–Crippen MR) is 120 cm³/mol. The summed E-state index contributed by atoms with van der Waals surface area (Å²) < 4.78 is 11.0. The lowest BCUT2D eigenvalue weighted by Crippen LogP contribution is -2.66. The summed E-state index contributed by atoms with van der Waals surface area (Å²) in [5.74, 6) is 0.774. The number of hydrogen-bond donors (Lipinski definition) is 1. The van der Waals surface area contributed by atoms with Gasteiger partial charge in [-0.05, 0) is 79.1 Å². The molecule has 0 unspecified atom stereocenters. The first-order valence-electron chi connectivity index (χ1n) is 12.7. The van der Waals surface area contributed by atoms with Crippen molar-refractivity contribution in [3.05, 3.63) is 11.1 Å². The van der Waals surface area contributed by atoms with Crippen molar-refractivity contribution in [1.82, 2.24) is 0 Å². The van der Waals surface area contributed by atoms with Gasteiger partial charge in [0.15, 0.2) is 0 Å². The molecule has 4 aliphatic carbocycles. The smallest absolute Gasteiger partial charge is 0.335 e. The zero-order chi connectivity index (χ0) is 23.1. The van der Waals surface area contributed by atoms with Crippen LogP contribution in [0.1, 0.15) is 86.0 Å². The Kier molecular flexibility index (Phi) is 4.96. The van der Waals surface area contributed by atoms with E-state index in [9.17, 15) is 14.7 Å². The molecule has 0 aromatic heterocycles. The van der Waals surface area contributed by atoms with Gasteiger partial charge in [0.25, 0.3) is 0 Å². The van der Waals surface area contributed by atoms with Crippen LogP contribution in [-0.2, 0) is 19.1 Å². The van der Waals surface area contributed by atoms with Crippen LogP contribution in [0.15, 0.2) is 11.1 Å². The maximum Gasteiger partial charge on any atom is 0.335 e. The zero-order valence-electron chi connectivity index (χ0n) is 20.5. The van der Waals surface area contributed by atoms with E-state index >= 15 is 0 Å². The molecule has 0 bridgehead atoms. The summed E-state index contributed by atoms with van der Waals surface area (Å²) in [6, 6.07) is 0. The van der Waals surface area contributed by atoms with Gasteiger partial charge in [-0.25, -0.2) is 4.79 Å². The lowest BCUT2D eigenvalue weighted by molar-refractivity contribution is -0.224. The van der Waals surface area contributed by atoms with Crippen molar-refractivity contribution in [1.29, 1.82) is 0 Å². The Hall–Kier alpha value is -1.36. The minimum Gasteiger partial charge on any atom is -0.465 e. The van der Waals surface area contributed by atoms with Crippen LogP contribution in [0.2, 0.25) is 0 Å². The summed E-state index contributed by atoms with van der Waals surface area (Å²) in [7, 11) is 0.